The summed E-state index contributed by atoms with van der Waals surface area (Å²) in [5.74, 6) is 0.161. The molecule has 1 rings (SSSR count). The summed E-state index contributed by atoms with van der Waals surface area (Å²) in [6, 6.07) is 0.244. The van der Waals surface area contributed by atoms with Crippen molar-refractivity contribution in [2.24, 2.45) is 5.73 Å². The number of carbonyl (C=O) groups excluding carboxylic acids is 1. The third-order valence-corrected chi connectivity index (χ3v) is 3.37. The van der Waals surface area contributed by atoms with Crippen molar-refractivity contribution in [3.63, 3.8) is 0 Å². The second kappa shape index (κ2) is 10.4. The highest BCUT2D eigenvalue weighted by molar-refractivity contribution is 5.85. The molecule has 19 heavy (non-hydrogen) atoms. The van der Waals surface area contributed by atoms with Crippen molar-refractivity contribution in [1.29, 1.82) is 0 Å². The Hall–Kier alpha value is -0.360. The van der Waals surface area contributed by atoms with Crippen molar-refractivity contribution in [3.05, 3.63) is 0 Å². The van der Waals surface area contributed by atoms with Crippen LogP contribution in [-0.4, -0.2) is 56.4 Å². The van der Waals surface area contributed by atoms with E-state index < -0.39 is 0 Å². The molecule has 1 fully saturated rings. The Morgan fingerprint density at radius 3 is 2.74 bits per heavy atom. The van der Waals surface area contributed by atoms with Crippen LogP contribution in [0.25, 0.3) is 0 Å². The highest BCUT2D eigenvalue weighted by atomic mass is 35.5. The number of nitrogens with two attached hydrogens (primary N) is 1. The zero-order chi connectivity index (χ0) is 13.4. The maximum atomic E-state index is 12.1. The van der Waals surface area contributed by atoms with Gasteiger partial charge >= 0.3 is 0 Å². The minimum atomic E-state index is 0. The van der Waals surface area contributed by atoms with Gasteiger partial charge in [-0.05, 0) is 26.2 Å². The van der Waals surface area contributed by atoms with Gasteiger partial charge in [0, 0.05) is 25.7 Å². The summed E-state index contributed by atoms with van der Waals surface area (Å²) in [6.07, 6.45) is 3.71. The molecule has 0 radical (unpaired) electrons. The molecule has 1 aliphatic rings. The van der Waals surface area contributed by atoms with Crippen LogP contribution in [-0.2, 0) is 14.3 Å². The van der Waals surface area contributed by atoms with E-state index in [9.17, 15) is 4.79 Å². The minimum absolute atomic E-state index is 0. The lowest BCUT2D eigenvalue weighted by molar-refractivity contribution is -0.136. The molecular weight excluding hydrogens is 268 g/mol. The molecule has 2 N–H and O–H groups in total. The third kappa shape index (κ3) is 6.56. The molecule has 0 aromatic carbocycles. The number of ether oxygens (including phenoxy) is 2. The molecule has 0 spiro atoms. The van der Waals surface area contributed by atoms with Crippen LogP contribution in [0.15, 0.2) is 0 Å². The first-order chi connectivity index (χ1) is 8.66. The molecule has 5 nitrogen and oxygen atoms in total. The number of nitrogens with zero attached hydrogens (tertiary/aromatic N) is 1. The Morgan fingerprint density at radius 1 is 1.37 bits per heavy atom. The Bertz CT molecular complexity index is 252. The Balaban J connectivity index is 0.00000324. The SMILES string of the molecule is COCCOCCC(=O)N1CCCCC1C(C)N.Cl. The summed E-state index contributed by atoms with van der Waals surface area (Å²) in [7, 11) is 1.63. The largest absolute Gasteiger partial charge is 0.382 e. The van der Waals surface area contributed by atoms with Crippen molar-refractivity contribution >= 4 is 18.3 Å². The van der Waals surface area contributed by atoms with Crippen LogP contribution >= 0.6 is 12.4 Å². The van der Waals surface area contributed by atoms with Crippen LogP contribution in [0, 0.1) is 0 Å². The van der Waals surface area contributed by atoms with Crippen molar-refractivity contribution in [1.82, 2.24) is 4.90 Å². The molecule has 114 valence electrons. The smallest absolute Gasteiger partial charge is 0.225 e. The zero-order valence-electron chi connectivity index (χ0n) is 12.0. The molecule has 0 bridgehead atoms. The average Bonchev–Trinajstić information content (AvgIpc) is 2.38. The molecule has 0 aromatic rings. The highest BCUT2D eigenvalue weighted by Crippen LogP contribution is 2.19. The third-order valence-electron chi connectivity index (χ3n) is 3.37. The van der Waals surface area contributed by atoms with Crippen LogP contribution in [0.3, 0.4) is 0 Å². The van der Waals surface area contributed by atoms with E-state index in [0.29, 0.717) is 26.2 Å². The van der Waals surface area contributed by atoms with Gasteiger partial charge in [-0.3, -0.25) is 4.79 Å². The molecule has 6 heteroatoms. The van der Waals surface area contributed by atoms with Gasteiger partial charge in [0.15, 0.2) is 0 Å². The number of rotatable bonds is 7. The van der Waals surface area contributed by atoms with E-state index in [1.165, 1.54) is 6.42 Å². The first-order valence-corrected chi connectivity index (χ1v) is 6.78. The number of halogens is 1. The Morgan fingerprint density at radius 2 is 2.11 bits per heavy atom. The van der Waals surface area contributed by atoms with Gasteiger partial charge in [0.2, 0.25) is 5.91 Å². The summed E-state index contributed by atoms with van der Waals surface area (Å²) in [5, 5.41) is 0. The number of piperidine rings is 1. The van der Waals surface area contributed by atoms with Crippen LogP contribution in [0.1, 0.15) is 32.6 Å². The van der Waals surface area contributed by atoms with E-state index in [2.05, 4.69) is 0 Å². The van der Waals surface area contributed by atoms with Gasteiger partial charge in [0.05, 0.1) is 26.2 Å². The van der Waals surface area contributed by atoms with E-state index in [1.807, 2.05) is 11.8 Å². The zero-order valence-corrected chi connectivity index (χ0v) is 12.8. The summed E-state index contributed by atoms with van der Waals surface area (Å²) in [4.78, 5) is 14.0. The van der Waals surface area contributed by atoms with Crippen molar-refractivity contribution in [2.45, 2.75) is 44.7 Å². The monoisotopic (exact) mass is 294 g/mol. The molecule has 2 unspecified atom stereocenters. The average molecular weight is 295 g/mol. The van der Waals surface area contributed by atoms with E-state index in [4.69, 9.17) is 15.2 Å². The van der Waals surface area contributed by atoms with E-state index in [-0.39, 0.29) is 30.4 Å². The first-order valence-electron chi connectivity index (χ1n) is 6.78. The van der Waals surface area contributed by atoms with Crippen molar-refractivity contribution in [3.8, 4) is 0 Å². The standard InChI is InChI=1S/C13H26N2O3.ClH/c1-11(14)12-5-3-4-7-15(12)13(16)6-8-18-10-9-17-2;/h11-12H,3-10,14H2,1-2H3;1H. The van der Waals surface area contributed by atoms with Crippen molar-refractivity contribution in [2.75, 3.05) is 33.5 Å². The van der Waals surface area contributed by atoms with Gasteiger partial charge in [-0.1, -0.05) is 0 Å². The lowest BCUT2D eigenvalue weighted by Gasteiger charge is -2.38. The van der Waals surface area contributed by atoms with Crippen LogP contribution in [0.5, 0.6) is 0 Å². The first kappa shape index (κ1) is 18.6. The van der Waals surface area contributed by atoms with E-state index in [0.717, 1.165) is 19.4 Å². The number of hydrogen-bond acceptors (Lipinski definition) is 4. The predicted molar refractivity (Wildman–Crippen MR) is 77.6 cm³/mol. The number of amides is 1. The molecular formula is C13H27ClN2O3. The van der Waals surface area contributed by atoms with Crippen molar-refractivity contribution < 1.29 is 14.3 Å². The molecule has 1 saturated heterocycles. The number of carbonyl (C=O) groups is 1. The van der Waals surface area contributed by atoms with Gasteiger partial charge in [-0.2, -0.15) is 0 Å². The Kier molecular flexibility index (Phi) is 10.2. The fourth-order valence-corrected chi connectivity index (χ4v) is 2.36. The number of hydrogen-bond donors (Lipinski definition) is 1. The summed E-state index contributed by atoms with van der Waals surface area (Å²) in [5.41, 5.74) is 5.95. The lowest BCUT2D eigenvalue weighted by Crippen LogP contribution is -2.51. The minimum Gasteiger partial charge on any atom is -0.382 e. The Labute approximate surface area is 122 Å². The summed E-state index contributed by atoms with van der Waals surface area (Å²) >= 11 is 0. The van der Waals surface area contributed by atoms with Gasteiger partial charge in [-0.15, -0.1) is 12.4 Å². The lowest BCUT2D eigenvalue weighted by atomic mass is 9.96. The summed E-state index contributed by atoms with van der Waals surface area (Å²) in [6.45, 7) is 4.39. The second-order valence-corrected chi connectivity index (χ2v) is 4.86. The van der Waals surface area contributed by atoms with E-state index >= 15 is 0 Å². The van der Waals surface area contributed by atoms with Gasteiger partial charge < -0.3 is 20.1 Å². The fraction of sp³-hybridized carbons (Fsp3) is 0.923. The van der Waals surface area contributed by atoms with Crippen LogP contribution in [0.4, 0.5) is 0 Å². The molecule has 1 amide bonds. The number of likely N-dealkylation sites (tertiary alicyclic amines) is 1. The topological polar surface area (TPSA) is 64.8 Å². The highest BCUT2D eigenvalue weighted by Gasteiger charge is 2.28. The van der Waals surface area contributed by atoms with E-state index in [1.54, 1.807) is 7.11 Å². The van der Waals surface area contributed by atoms with Crippen LogP contribution < -0.4 is 5.73 Å². The maximum absolute atomic E-state index is 12.1. The quantitative estimate of drug-likeness (QED) is 0.716. The number of methoxy groups -OCH3 is 1. The predicted octanol–water partition coefficient (Wildman–Crippen LogP) is 1.19. The summed E-state index contributed by atoms with van der Waals surface area (Å²) < 4.78 is 10.2. The molecule has 1 heterocycles. The van der Waals surface area contributed by atoms with Gasteiger partial charge in [-0.25, -0.2) is 0 Å². The van der Waals surface area contributed by atoms with Gasteiger partial charge in [0.1, 0.15) is 0 Å². The molecule has 0 aliphatic carbocycles. The molecule has 0 aromatic heterocycles. The van der Waals surface area contributed by atoms with Gasteiger partial charge in [0.25, 0.3) is 0 Å². The fourth-order valence-electron chi connectivity index (χ4n) is 2.36. The molecule has 0 saturated carbocycles. The molecule has 1 aliphatic heterocycles. The second-order valence-electron chi connectivity index (χ2n) is 4.86. The normalized spacial score (nSPS) is 20.8. The maximum Gasteiger partial charge on any atom is 0.225 e. The molecule has 2 atom stereocenters. The van der Waals surface area contributed by atoms with Crippen LogP contribution in [0.2, 0.25) is 0 Å².